The topological polar surface area (TPSA) is 51.4 Å². The van der Waals surface area contributed by atoms with Crippen molar-refractivity contribution in [1.82, 2.24) is 15.0 Å². The first-order valence-corrected chi connectivity index (χ1v) is 7.56. The molecule has 1 fully saturated rings. The highest BCUT2D eigenvalue weighted by atomic mass is 35.5. The summed E-state index contributed by atoms with van der Waals surface area (Å²) in [5.74, 6) is 0.643. The molecule has 0 bridgehead atoms. The third-order valence-electron chi connectivity index (χ3n) is 3.47. The summed E-state index contributed by atoms with van der Waals surface area (Å²) in [5, 5.41) is 4.28. The van der Waals surface area contributed by atoms with Gasteiger partial charge in [-0.05, 0) is 12.1 Å². The summed E-state index contributed by atoms with van der Waals surface area (Å²) in [6.45, 7) is 4.11. The zero-order valence-electron chi connectivity index (χ0n) is 11.9. The van der Waals surface area contributed by atoms with Crippen LogP contribution in [0.15, 0.2) is 16.7 Å². The zero-order valence-corrected chi connectivity index (χ0v) is 13.4. The predicted octanol–water partition coefficient (Wildman–Crippen LogP) is 3.40. The van der Waals surface area contributed by atoms with E-state index in [9.17, 15) is 4.39 Å². The molecule has 1 aliphatic heterocycles. The molecule has 8 heteroatoms. The Morgan fingerprint density at radius 3 is 2.91 bits per heavy atom. The van der Waals surface area contributed by atoms with Gasteiger partial charge in [0.05, 0.1) is 24.3 Å². The molecular weight excluding hydrogens is 332 g/mol. The molecule has 1 atom stereocenters. The van der Waals surface area contributed by atoms with Crippen LogP contribution in [0.5, 0.6) is 0 Å². The lowest BCUT2D eigenvalue weighted by Gasteiger charge is -2.32. The molecule has 0 radical (unpaired) electrons. The van der Waals surface area contributed by atoms with Crippen molar-refractivity contribution in [3.8, 4) is 0 Å². The van der Waals surface area contributed by atoms with Crippen LogP contribution in [0.25, 0.3) is 0 Å². The van der Waals surface area contributed by atoms with Crippen LogP contribution in [-0.4, -0.2) is 34.7 Å². The van der Waals surface area contributed by atoms with Crippen LogP contribution >= 0.6 is 23.2 Å². The summed E-state index contributed by atoms with van der Waals surface area (Å²) in [7, 11) is 0. The van der Waals surface area contributed by atoms with E-state index in [1.165, 1.54) is 12.1 Å². The Hall–Kier alpha value is -1.21. The largest absolute Gasteiger partial charge is 0.371 e. The van der Waals surface area contributed by atoms with Crippen molar-refractivity contribution in [2.75, 3.05) is 19.7 Å². The van der Waals surface area contributed by atoms with E-state index in [1.54, 1.807) is 6.92 Å². The number of nitrogens with zero attached hydrogens (tertiary/aromatic N) is 3. The first kappa shape index (κ1) is 15.7. The van der Waals surface area contributed by atoms with E-state index in [0.717, 1.165) is 6.54 Å². The smallest absolute Gasteiger partial charge is 0.223 e. The Balaban J connectivity index is 1.74. The molecule has 2 aromatic rings. The fourth-order valence-corrected chi connectivity index (χ4v) is 2.93. The second-order valence-electron chi connectivity index (χ2n) is 5.11. The molecule has 0 unspecified atom stereocenters. The number of ether oxygens (including phenoxy) is 1. The molecular formula is C14H14Cl2FN3O2. The maximum Gasteiger partial charge on any atom is 0.223 e. The van der Waals surface area contributed by atoms with Crippen LogP contribution in [0, 0.1) is 12.7 Å². The minimum Gasteiger partial charge on any atom is -0.371 e. The molecule has 1 aliphatic rings. The lowest BCUT2D eigenvalue weighted by atomic mass is 10.1. The van der Waals surface area contributed by atoms with Crippen LogP contribution in [0.4, 0.5) is 4.39 Å². The second-order valence-corrected chi connectivity index (χ2v) is 5.93. The normalized spacial score (nSPS) is 19.5. The lowest BCUT2D eigenvalue weighted by Crippen LogP contribution is -2.38. The van der Waals surface area contributed by atoms with Crippen LogP contribution in [0.1, 0.15) is 23.4 Å². The Morgan fingerprint density at radius 2 is 2.18 bits per heavy atom. The highest BCUT2D eigenvalue weighted by molar-refractivity contribution is 6.35. The van der Waals surface area contributed by atoms with Gasteiger partial charge >= 0.3 is 0 Å². The summed E-state index contributed by atoms with van der Waals surface area (Å²) >= 11 is 11.9. The average molecular weight is 346 g/mol. The summed E-state index contributed by atoms with van der Waals surface area (Å²) in [4.78, 5) is 6.29. The maximum atomic E-state index is 13.7. The van der Waals surface area contributed by atoms with Crippen LogP contribution in [-0.2, 0) is 11.3 Å². The van der Waals surface area contributed by atoms with E-state index < -0.39 is 5.82 Å². The van der Waals surface area contributed by atoms with Gasteiger partial charge in [0.1, 0.15) is 5.82 Å². The number of benzene rings is 1. The lowest BCUT2D eigenvalue weighted by molar-refractivity contribution is -0.0339. The molecule has 0 N–H and O–H groups in total. The highest BCUT2D eigenvalue weighted by Crippen LogP contribution is 2.32. The number of aromatic nitrogens is 2. The van der Waals surface area contributed by atoms with Crippen molar-refractivity contribution in [2.24, 2.45) is 0 Å². The summed E-state index contributed by atoms with van der Waals surface area (Å²) < 4.78 is 24.3. The molecule has 22 heavy (non-hydrogen) atoms. The zero-order chi connectivity index (χ0) is 15.7. The van der Waals surface area contributed by atoms with Gasteiger partial charge in [-0.15, -0.1) is 0 Å². The Bertz CT molecular complexity index is 680. The number of hydrogen-bond donors (Lipinski definition) is 0. The van der Waals surface area contributed by atoms with E-state index in [0.29, 0.717) is 42.0 Å². The number of morpholine rings is 1. The standard InChI is InChI=1S/C14H14Cl2FN3O2/c1-8-18-14(19-22-8)7-20-2-3-21-13(6-20)9-4-12(17)11(16)5-10(9)15/h4-5,13H,2-3,6-7H2,1H3/t13-/m0/s1. The summed E-state index contributed by atoms with van der Waals surface area (Å²) in [6, 6.07) is 2.73. The van der Waals surface area contributed by atoms with Gasteiger partial charge in [0.25, 0.3) is 0 Å². The maximum absolute atomic E-state index is 13.7. The molecule has 0 spiro atoms. The van der Waals surface area contributed by atoms with Gasteiger partial charge < -0.3 is 9.26 Å². The fraction of sp³-hybridized carbons (Fsp3) is 0.429. The molecule has 0 saturated carbocycles. The van der Waals surface area contributed by atoms with Crippen LogP contribution in [0.3, 0.4) is 0 Å². The van der Waals surface area contributed by atoms with Gasteiger partial charge in [-0.25, -0.2) is 4.39 Å². The second kappa shape index (κ2) is 6.50. The molecule has 0 aliphatic carbocycles. The minimum atomic E-state index is -0.504. The SMILES string of the molecule is Cc1nc(CN2CCO[C@H](c3cc(F)c(Cl)cc3Cl)C2)no1. The molecule has 2 heterocycles. The van der Waals surface area contributed by atoms with Gasteiger partial charge in [0.2, 0.25) is 5.89 Å². The van der Waals surface area contributed by atoms with Crippen molar-refractivity contribution < 1.29 is 13.7 Å². The van der Waals surface area contributed by atoms with Crippen molar-refractivity contribution in [3.05, 3.63) is 45.3 Å². The van der Waals surface area contributed by atoms with E-state index >= 15 is 0 Å². The van der Waals surface area contributed by atoms with Gasteiger partial charge in [0, 0.05) is 30.6 Å². The molecule has 1 saturated heterocycles. The van der Waals surface area contributed by atoms with Crippen molar-refractivity contribution in [1.29, 1.82) is 0 Å². The number of rotatable bonds is 3. The molecule has 0 amide bonds. The quantitative estimate of drug-likeness (QED) is 0.798. The monoisotopic (exact) mass is 345 g/mol. The first-order chi connectivity index (χ1) is 10.5. The van der Waals surface area contributed by atoms with Gasteiger partial charge in [-0.1, -0.05) is 28.4 Å². The first-order valence-electron chi connectivity index (χ1n) is 6.80. The molecule has 1 aromatic carbocycles. The summed E-state index contributed by atoms with van der Waals surface area (Å²) in [6.07, 6.45) is -0.319. The number of aryl methyl sites for hydroxylation is 1. The average Bonchev–Trinajstić information content (AvgIpc) is 2.88. The number of hydrogen-bond acceptors (Lipinski definition) is 5. The Kier molecular flexibility index (Phi) is 4.63. The van der Waals surface area contributed by atoms with Crippen molar-refractivity contribution in [2.45, 2.75) is 19.6 Å². The fourth-order valence-electron chi connectivity index (χ4n) is 2.42. The Morgan fingerprint density at radius 1 is 1.36 bits per heavy atom. The van der Waals surface area contributed by atoms with Crippen molar-refractivity contribution in [3.63, 3.8) is 0 Å². The van der Waals surface area contributed by atoms with E-state index in [2.05, 4.69) is 15.0 Å². The summed E-state index contributed by atoms with van der Waals surface area (Å²) in [5.41, 5.74) is 0.595. The van der Waals surface area contributed by atoms with E-state index in [-0.39, 0.29) is 11.1 Å². The third-order valence-corrected chi connectivity index (χ3v) is 4.09. The van der Waals surface area contributed by atoms with Gasteiger partial charge in [-0.3, -0.25) is 4.90 Å². The van der Waals surface area contributed by atoms with Crippen LogP contribution in [0.2, 0.25) is 10.0 Å². The molecule has 1 aromatic heterocycles. The molecule has 3 rings (SSSR count). The van der Waals surface area contributed by atoms with Gasteiger partial charge in [0.15, 0.2) is 5.82 Å². The van der Waals surface area contributed by atoms with E-state index in [4.69, 9.17) is 32.5 Å². The number of halogens is 3. The minimum absolute atomic E-state index is 0.00341. The van der Waals surface area contributed by atoms with E-state index in [1.807, 2.05) is 0 Å². The molecule has 118 valence electrons. The Labute approximate surface area is 137 Å². The molecule has 5 nitrogen and oxygen atoms in total. The van der Waals surface area contributed by atoms with Crippen LogP contribution < -0.4 is 0 Å². The third kappa shape index (κ3) is 3.41. The van der Waals surface area contributed by atoms with Gasteiger partial charge in [-0.2, -0.15) is 4.98 Å². The van der Waals surface area contributed by atoms with Crippen molar-refractivity contribution >= 4 is 23.2 Å². The predicted molar refractivity (Wildman–Crippen MR) is 79.4 cm³/mol. The highest BCUT2D eigenvalue weighted by Gasteiger charge is 2.25.